The third-order valence-electron chi connectivity index (χ3n) is 2.30. The fourth-order valence-electron chi connectivity index (χ4n) is 1.06. The third-order valence-corrected chi connectivity index (χ3v) is 2.30. The molecule has 4 nitrogen and oxygen atoms in total. The summed E-state index contributed by atoms with van der Waals surface area (Å²) in [6.07, 6.45) is -13.5. The summed E-state index contributed by atoms with van der Waals surface area (Å²) < 4.78 is 82.1. The lowest BCUT2D eigenvalue weighted by molar-refractivity contribution is -0.371. The first-order valence-electron chi connectivity index (χ1n) is 5.06. The van der Waals surface area contributed by atoms with Crippen molar-refractivity contribution in [1.82, 2.24) is 0 Å². The first-order chi connectivity index (χ1) is 8.87. The molecule has 0 unspecified atom stereocenters. The van der Waals surface area contributed by atoms with Crippen molar-refractivity contribution < 1.29 is 45.7 Å². The van der Waals surface area contributed by atoms with Crippen LogP contribution in [0.4, 0.5) is 26.3 Å². The van der Waals surface area contributed by atoms with Gasteiger partial charge in [0.2, 0.25) is 0 Å². The summed E-state index contributed by atoms with van der Waals surface area (Å²) in [5.41, 5.74) is -5.15. The van der Waals surface area contributed by atoms with Gasteiger partial charge >= 0.3 is 18.3 Å². The quantitative estimate of drug-likeness (QED) is 0.353. The van der Waals surface area contributed by atoms with E-state index in [1.54, 1.807) is 0 Å². The lowest BCUT2D eigenvalue weighted by Crippen LogP contribution is -2.57. The van der Waals surface area contributed by atoms with Gasteiger partial charge in [0, 0.05) is 6.42 Å². The molecule has 0 spiro atoms. The summed E-state index contributed by atoms with van der Waals surface area (Å²) in [4.78, 5) is 10.8. The Labute approximate surface area is 110 Å². The highest BCUT2D eigenvalue weighted by Gasteiger charge is 2.69. The van der Waals surface area contributed by atoms with Gasteiger partial charge in [0.05, 0.1) is 25.9 Å². The Balaban J connectivity index is 4.54. The minimum atomic E-state index is -5.89. The fraction of sp³-hybridized carbons (Fsp3) is 0.700. The molecule has 0 fully saturated rings. The molecule has 0 radical (unpaired) electrons. The highest BCUT2D eigenvalue weighted by molar-refractivity contribution is 5.87. The predicted molar refractivity (Wildman–Crippen MR) is 53.7 cm³/mol. The molecule has 0 aromatic carbocycles. The first-order valence-corrected chi connectivity index (χ1v) is 5.06. The Morgan fingerprint density at radius 3 is 1.95 bits per heavy atom. The molecule has 0 saturated heterocycles. The predicted octanol–water partition coefficient (Wildman–Crippen LogP) is 1.98. The number of hydrogen-bond acceptors (Lipinski definition) is 4. The molecule has 10 heteroatoms. The second kappa shape index (κ2) is 6.44. The second-order valence-electron chi connectivity index (χ2n) is 3.75. The van der Waals surface area contributed by atoms with Crippen molar-refractivity contribution in [3.05, 3.63) is 12.2 Å². The van der Waals surface area contributed by atoms with Crippen LogP contribution in [0.3, 0.4) is 0 Å². The van der Waals surface area contributed by atoms with Crippen LogP contribution in [-0.2, 0) is 14.3 Å². The minimum Gasteiger partial charge on any atom is -0.466 e. The molecule has 0 amide bonds. The van der Waals surface area contributed by atoms with Crippen LogP contribution in [0.1, 0.15) is 6.42 Å². The Bertz CT molecular complexity index is 346. The summed E-state index contributed by atoms with van der Waals surface area (Å²) >= 11 is 0. The van der Waals surface area contributed by atoms with Gasteiger partial charge in [0.15, 0.2) is 0 Å². The van der Waals surface area contributed by atoms with Gasteiger partial charge in [0.25, 0.3) is 5.60 Å². The van der Waals surface area contributed by atoms with Crippen LogP contribution in [0.2, 0.25) is 0 Å². The number of alkyl halides is 6. The van der Waals surface area contributed by atoms with Crippen LogP contribution in [-0.4, -0.2) is 49.4 Å². The lowest BCUT2D eigenvalue weighted by atomic mass is 9.99. The topological polar surface area (TPSA) is 55.8 Å². The second-order valence-corrected chi connectivity index (χ2v) is 3.75. The van der Waals surface area contributed by atoms with Crippen LogP contribution in [0, 0.1) is 0 Å². The van der Waals surface area contributed by atoms with Gasteiger partial charge in [0.1, 0.15) is 0 Å². The molecule has 0 heterocycles. The first kappa shape index (κ1) is 18.7. The molecule has 0 rings (SSSR count). The van der Waals surface area contributed by atoms with Gasteiger partial charge in [-0.25, -0.2) is 4.79 Å². The van der Waals surface area contributed by atoms with Gasteiger partial charge in [-0.3, -0.25) is 0 Å². The number of hydrogen-bond donors (Lipinski definition) is 1. The molecule has 0 aromatic heterocycles. The van der Waals surface area contributed by atoms with Gasteiger partial charge in [-0.15, -0.1) is 0 Å². The number of methoxy groups -OCH3 is 1. The smallest absolute Gasteiger partial charge is 0.426 e. The van der Waals surface area contributed by atoms with Crippen molar-refractivity contribution in [3.8, 4) is 0 Å². The van der Waals surface area contributed by atoms with Crippen molar-refractivity contribution in [2.75, 3.05) is 20.3 Å². The summed E-state index contributed by atoms with van der Waals surface area (Å²) in [5, 5.41) is 8.76. The summed E-state index contributed by atoms with van der Waals surface area (Å²) in [6, 6.07) is 0. The number of carbonyl (C=O) groups is 1. The number of carbonyl (C=O) groups excluding carboxylic acids is 1. The van der Waals surface area contributed by atoms with Crippen LogP contribution < -0.4 is 0 Å². The molecule has 0 aliphatic carbocycles. The molecular formula is C10H12F6O4. The monoisotopic (exact) mass is 310 g/mol. The molecule has 0 aromatic rings. The van der Waals surface area contributed by atoms with Gasteiger partial charge in [-0.05, 0) is 0 Å². The van der Waals surface area contributed by atoms with Crippen LogP contribution >= 0.6 is 0 Å². The van der Waals surface area contributed by atoms with E-state index >= 15 is 0 Å². The van der Waals surface area contributed by atoms with E-state index in [1.165, 1.54) is 0 Å². The van der Waals surface area contributed by atoms with Crippen LogP contribution in [0.15, 0.2) is 12.2 Å². The molecule has 0 aliphatic rings. The van der Waals surface area contributed by atoms with Gasteiger partial charge < -0.3 is 14.6 Å². The van der Waals surface area contributed by atoms with E-state index in [2.05, 4.69) is 16.1 Å². The minimum absolute atomic E-state index is 0.282. The van der Waals surface area contributed by atoms with Crippen molar-refractivity contribution in [2.24, 2.45) is 0 Å². The molecule has 20 heavy (non-hydrogen) atoms. The Morgan fingerprint density at radius 2 is 1.60 bits per heavy atom. The Hall–Kier alpha value is -1.29. The standard InChI is InChI=1S/C10H12F6O4/c1-6(7(17)19-2)5-20-4-3-8(18,9(11,12)13)10(14,15)16/h18H,1,3-5H2,2H3. The molecule has 118 valence electrons. The van der Waals surface area contributed by atoms with E-state index in [9.17, 15) is 31.1 Å². The molecule has 0 aliphatic heterocycles. The van der Waals surface area contributed by atoms with Crippen molar-refractivity contribution >= 4 is 5.97 Å². The zero-order valence-corrected chi connectivity index (χ0v) is 10.3. The highest BCUT2D eigenvalue weighted by Crippen LogP contribution is 2.45. The zero-order chi connectivity index (χ0) is 16.2. The number of ether oxygens (including phenoxy) is 2. The molecule has 0 atom stereocenters. The lowest BCUT2D eigenvalue weighted by Gasteiger charge is -2.32. The van der Waals surface area contributed by atoms with Gasteiger partial charge in [-0.1, -0.05) is 6.58 Å². The normalized spacial score (nSPS) is 13.2. The van der Waals surface area contributed by atoms with Crippen molar-refractivity contribution in [2.45, 2.75) is 24.4 Å². The average Bonchev–Trinajstić information content (AvgIpc) is 2.29. The van der Waals surface area contributed by atoms with Crippen LogP contribution in [0.5, 0.6) is 0 Å². The highest BCUT2D eigenvalue weighted by atomic mass is 19.4. The fourth-order valence-corrected chi connectivity index (χ4v) is 1.06. The number of esters is 1. The average molecular weight is 310 g/mol. The Kier molecular flexibility index (Phi) is 6.02. The van der Waals surface area contributed by atoms with E-state index < -0.39 is 43.6 Å². The summed E-state index contributed by atoms with van der Waals surface area (Å²) in [7, 11) is 1.01. The largest absolute Gasteiger partial charge is 0.466 e. The van der Waals surface area contributed by atoms with Crippen LogP contribution in [0.25, 0.3) is 0 Å². The number of halogens is 6. The SMILES string of the molecule is C=C(COCCC(O)(C(F)(F)F)C(F)(F)F)C(=O)OC. The maximum Gasteiger partial charge on any atom is 0.426 e. The molecule has 0 bridgehead atoms. The van der Waals surface area contributed by atoms with E-state index in [0.717, 1.165) is 7.11 Å². The number of aliphatic hydroxyl groups is 1. The zero-order valence-electron chi connectivity index (χ0n) is 10.3. The number of rotatable bonds is 6. The summed E-state index contributed by atoms with van der Waals surface area (Å²) in [5.74, 6) is -0.910. The van der Waals surface area contributed by atoms with E-state index in [1.807, 2.05) is 0 Å². The maximum absolute atomic E-state index is 12.3. The summed E-state index contributed by atoms with van der Waals surface area (Å²) in [6.45, 7) is 1.46. The molecular weight excluding hydrogens is 298 g/mol. The van der Waals surface area contributed by atoms with E-state index in [-0.39, 0.29) is 5.57 Å². The van der Waals surface area contributed by atoms with Crippen molar-refractivity contribution in [1.29, 1.82) is 0 Å². The maximum atomic E-state index is 12.3. The van der Waals surface area contributed by atoms with E-state index in [4.69, 9.17) is 5.11 Å². The molecule has 1 N–H and O–H groups in total. The Morgan fingerprint density at radius 1 is 1.15 bits per heavy atom. The molecule has 0 saturated carbocycles. The van der Waals surface area contributed by atoms with Crippen molar-refractivity contribution in [3.63, 3.8) is 0 Å². The third kappa shape index (κ3) is 4.37. The van der Waals surface area contributed by atoms with Gasteiger partial charge in [-0.2, -0.15) is 26.3 Å². The van der Waals surface area contributed by atoms with E-state index in [0.29, 0.717) is 0 Å².